The zero-order chi connectivity index (χ0) is 15.4. The van der Waals surface area contributed by atoms with E-state index < -0.39 is 0 Å². The predicted octanol–water partition coefficient (Wildman–Crippen LogP) is 4.10. The van der Waals surface area contributed by atoms with E-state index in [2.05, 4.69) is 38.2 Å². The largest absolute Gasteiger partial charge is 0.495 e. The fourth-order valence-electron chi connectivity index (χ4n) is 2.40. The molecule has 3 nitrogen and oxygen atoms in total. The standard InChI is InChI=1S/C17H20N2OS/c1-11-7-16(13(3)21-11)12(2)19-10-14-5-6-15(9-18)17(8-14)20-4/h5-8,12,19H,10H2,1-4H3. The average molecular weight is 300 g/mol. The van der Waals surface area contributed by atoms with Gasteiger partial charge in [0.05, 0.1) is 12.7 Å². The van der Waals surface area contributed by atoms with Crippen LogP contribution in [0.15, 0.2) is 24.3 Å². The fourth-order valence-corrected chi connectivity index (χ4v) is 3.42. The van der Waals surface area contributed by atoms with Gasteiger partial charge in [-0.2, -0.15) is 5.26 Å². The molecular formula is C17H20N2OS. The lowest BCUT2D eigenvalue weighted by Crippen LogP contribution is -2.18. The van der Waals surface area contributed by atoms with Gasteiger partial charge >= 0.3 is 0 Å². The van der Waals surface area contributed by atoms with E-state index in [0.29, 0.717) is 17.4 Å². The molecule has 110 valence electrons. The predicted molar refractivity (Wildman–Crippen MR) is 86.8 cm³/mol. The summed E-state index contributed by atoms with van der Waals surface area (Å²) in [6, 6.07) is 10.4. The molecule has 0 aliphatic heterocycles. The number of hydrogen-bond acceptors (Lipinski definition) is 4. The highest BCUT2D eigenvalue weighted by Gasteiger charge is 2.11. The Morgan fingerprint density at radius 3 is 2.67 bits per heavy atom. The van der Waals surface area contributed by atoms with E-state index in [-0.39, 0.29) is 0 Å². The molecule has 1 unspecified atom stereocenters. The van der Waals surface area contributed by atoms with Gasteiger partial charge in [-0.3, -0.25) is 0 Å². The molecule has 0 aliphatic rings. The van der Waals surface area contributed by atoms with E-state index in [9.17, 15) is 0 Å². The molecule has 0 amide bonds. The number of nitrogens with one attached hydrogen (secondary N) is 1. The van der Waals surface area contributed by atoms with Crippen LogP contribution in [-0.4, -0.2) is 7.11 Å². The molecule has 0 radical (unpaired) electrons. The quantitative estimate of drug-likeness (QED) is 0.904. The SMILES string of the molecule is COc1cc(CNC(C)c2cc(C)sc2C)ccc1C#N. The molecule has 0 saturated carbocycles. The maximum absolute atomic E-state index is 9.00. The van der Waals surface area contributed by atoms with Crippen molar-refractivity contribution >= 4 is 11.3 Å². The van der Waals surface area contributed by atoms with Crippen LogP contribution in [0, 0.1) is 25.2 Å². The van der Waals surface area contributed by atoms with Crippen molar-refractivity contribution in [1.29, 1.82) is 5.26 Å². The van der Waals surface area contributed by atoms with Crippen LogP contribution in [0.3, 0.4) is 0 Å². The Morgan fingerprint density at radius 2 is 2.10 bits per heavy atom. The van der Waals surface area contributed by atoms with Crippen LogP contribution in [0.25, 0.3) is 0 Å². The summed E-state index contributed by atoms with van der Waals surface area (Å²) in [6.07, 6.45) is 0. The smallest absolute Gasteiger partial charge is 0.136 e. The summed E-state index contributed by atoms with van der Waals surface area (Å²) in [5.41, 5.74) is 3.04. The second-order valence-corrected chi connectivity index (χ2v) is 6.58. The Labute approximate surface area is 130 Å². The summed E-state index contributed by atoms with van der Waals surface area (Å²) in [4.78, 5) is 2.71. The van der Waals surface area contributed by atoms with E-state index in [1.54, 1.807) is 13.2 Å². The Kier molecular flexibility index (Phi) is 5.00. The topological polar surface area (TPSA) is 45.0 Å². The molecule has 1 atom stereocenters. The summed E-state index contributed by atoms with van der Waals surface area (Å²) >= 11 is 1.83. The van der Waals surface area contributed by atoms with Gasteiger partial charge in [0, 0.05) is 22.3 Å². The van der Waals surface area contributed by atoms with Crippen molar-refractivity contribution in [2.45, 2.75) is 33.4 Å². The van der Waals surface area contributed by atoms with Crippen molar-refractivity contribution in [2.24, 2.45) is 0 Å². The lowest BCUT2D eigenvalue weighted by molar-refractivity contribution is 0.412. The van der Waals surface area contributed by atoms with Crippen LogP contribution >= 0.6 is 11.3 Å². The molecule has 0 aliphatic carbocycles. The van der Waals surface area contributed by atoms with Gasteiger partial charge in [0.15, 0.2) is 0 Å². The van der Waals surface area contributed by atoms with Crippen molar-refractivity contribution in [1.82, 2.24) is 5.32 Å². The summed E-state index contributed by atoms with van der Waals surface area (Å²) in [5, 5.41) is 12.5. The third-order valence-corrected chi connectivity index (χ3v) is 4.53. The molecule has 0 bridgehead atoms. The molecule has 4 heteroatoms. The Hall–Kier alpha value is -1.83. The molecule has 1 aromatic heterocycles. The molecule has 1 N–H and O–H groups in total. The van der Waals surface area contributed by atoms with E-state index >= 15 is 0 Å². The molecule has 0 fully saturated rings. The molecule has 2 rings (SSSR count). The lowest BCUT2D eigenvalue weighted by atomic mass is 10.1. The number of rotatable bonds is 5. The molecule has 21 heavy (non-hydrogen) atoms. The highest BCUT2D eigenvalue weighted by Crippen LogP contribution is 2.26. The molecular weight excluding hydrogens is 280 g/mol. The summed E-state index contributed by atoms with van der Waals surface area (Å²) in [5.74, 6) is 0.631. The maximum atomic E-state index is 9.00. The molecule has 0 saturated heterocycles. The summed E-state index contributed by atoms with van der Waals surface area (Å²) in [7, 11) is 1.59. The molecule has 2 aromatic rings. The zero-order valence-corrected chi connectivity index (χ0v) is 13.7. The van der Waals surface area contributed by atoms with Gasteiger partial charge in [0.25, 0.3) is 0 Å². The van der Waals surface area contributed by atoms with Crippen LogP contribution in [0.4, 0.5) is 0 Å². The first-order valence-electron chi connectivity index (χ1n) is 6.92. The second-order valence-electron chi connectivity index (χ2n) is 5.12. The first-order valence-corrected chi connectivity index (χ1v) is 7.74. The number of methoxy groups -OCH3 is 1. The minimum absolute atomic E-state index is 0.302. The number of ether oxygens (including phenoxy) is 1. The van der Waals surface area contributed by atoms with Crippen molar-refractivity contribution in [3.8, 4) is 11.8 Å². The summed E-state index contributed by atoms with van der Waals surface area (Å²) in [6.45, 7) is 7.22. The highest BCUT2D eigenvalue weighted by molar-refractivity contribution is 7.12. The molecule has 0 spiro atoms. The van der Waals surface area contributed by atoms with Crippen LogP contribution in [0.1, 0.15) is 39.4 Å². The number of benzene rings is 1. The Bertz CT molecular complexity index is 670. The number of nitrogens with zero attached hydrogens (tertiary/aromatic N) is 1. The molecule has 1 heterocycles. The van der Waals surface area contributed by atoms with Gasteiger partial charge < -0.3 is 10.1 Å². The van der Waals surface area contributed by atoms with Crippen molar-refractivity contribution in [3.05, 3.63) is 50.7 Å². The van der Waals surface area contributed by atoms with E-state index in [0.717, 1.165) is 12.1 Å². The van der Waals surface area contributed by atoms with Gasteiger partial charge in [-0.15, -0.1) is 11.3 Å². The number of thiophene rings is 1. The van der Waals surface area contributed by atoms with Crippen LogP contribution in [-0.2, 0) is 6.54 Å². The minimum atomic E-state index is 0.302. The van der Waals surface area contributed by atoms with Crippen LogP contribution in [0.2, 0.25) is 0 Å². The van der Waals surface area contributed by atoms with E-state index in [1.165, 1.54) is 15.3 Å². The Balaban J connectivity index is 2.06. The van der Waals surface area contributed by atoms with Crippen molar-refractivity contribution < 1.29 is 4.74 Å². The fraction of sp³-hybridized carbons (Fsp3) is 0.353. The van der Waals surface area contributed by atoms with Gasteiger partial charge in [-0.1, -0.05) is 6.07 Å². The van der Waals surface area contributed by atoms with Crippen molar-refractivity contribution in [3.63, 3.8) is 0 Å². The minimum Gasteiger partial charge on any atom is -0.495 e. The number of nitriles is 1. The first-order chi connectivity index (χ1) is 10.0. The lowest BCUT2D eigenvalue weighted by Gasteiger charge is -2.14. The number of hydrogen-bond donors (Lipinski definition) is 1. The monoisotopic (exact) mass is 300 g/mol. The third kappa shape index (κ3) is 3.63. The normalized spacial score (nSPS) is 12.0. The van der Waals surface area contributed by atoms with E-state index in [1.807, 2.05) is 23.5 Å². The van der Waals surface area contributed by atoms with Crippen LogP contribution in [0.5, 0.6) is 5.75 Å². The van der Waals surface area contributed by atoms with Crippen molar-refractivity contribution in [2.75, 3.05) is 7.11 Å². The summed E-state index contributed by atoms with van der Waals surface area (Å²) < 4.78 is 5.24. The maximum Gasteiger partial charge on any atom is 0.136 e. The zero-order valence-electron chi connectivity index (χ0n) is 12.9. The second kappa shape index (κ2) is 6.75. The van der Waals surface area contributed by atoms with Gasteiger partial charge in [0.2, 0.25) is 0 Å². The van der Waals surface area contributed by atoms with Gasteiger partial charge in [0.1, 0.15) is 11.8 Å². The Morgan fingerprint density at radius 1 is 1.33 bits per heavy atom. The average Bonchev–Trinajstić information content (AvgIpc) is 2.83. The van der Waals surface area contributed by atoms with Crippen LogP contribution < -0.4 is 10.1 Å². The van der Waals surface area contributed by atoms with Gasteiger partial charge in [-0.25, -0.2) is 0 Å². The number of aryl methyl sites for hydroxylation is 2. The van der Waals surface area contributed by atoms with E-state index in [4.69, 9.17) is 10.00 Å². The highest BCUT2D eigenvalue weighted by atomic mass is 32.1. The third-order valence-electron chi connectivity index (χ3n) is 3.54. The first kappa shape index (κ1) is 15.6. The molecule has 1 aromatic carbocycles. The van der Waals surface area contributed by atoms with Gasteiger partial charge in [-0.05, 0) is 50.1 Å².